The summed E-state index contributed by atoms with van der Waals surface area (Å²) in [5, 5.41) is 6.00. The van der Waals surface area contributed by atoms with Gasteiger partial charge in [0.1, 0.15) is 5.69 Å². The molecule has 0 unspecified atom stereocenters. The number of hydrogen-bond acceptors (Lipinski definition) is 4. The van der Waals surface area contributed by atoms with Gasteiger partial charge in [-0.2, -0.15) is 0 Å². The van der Waals surface area contributed by atoms with Crippen LogP contribution in [0.15, 0.2) is 30.5 Å². The van der Waals surface area contributed by atoms with Crippen LogP contribution in [-0.4, -0.2) is 22.4 Å². The van der Waals surface area contributed by atoms with Crippen molar-refractivity contribution in [3.63, 3.8) is 0 Å². The number of anilines is 2. The van der Waals surface area contributed by atoms with E-state index in [0.717, 1.165) is 36.2 Å². The maximum absolute atomic E-state index is 12.3. The molecule has 1 amide bonds. The summed E-state index contributed by atoms with van der Waals surface area (Å²) in [6.07, 6.45) is 3.74. The monoisotopic (exact) mass is 298 g/mol. The number of carbonyl (C=O) groups is 1. The van der Waals surface area contributed by atoms with Crippen molar-refractivity contribution in [2.75, 3.05) is 17.2 Å². The molecular weight excluding hydrogens is 276 g/mol. The van der Waals surface area contributed by atoms with Crippen LogP contribution in [0.2, 0.25) is 0 Å². The summed E-state index contributed by atoms with van der Waals surface area (Å²) in [5.74, 6) is 0.257. The maximum Gasteiger partial charge on any atom is 0.274 e. The van der Waals surface area contributed by atoms with E-state index in [-0.39, 0.29) is 5.91 Å². The van der Waals surface area contributed by atoms with E-state index in [1.165, 1.54) is 0 Å². The zero-order valence-corrected chi connectivity index (χ0v) is 13.3. The lowest BCUT2D eigenvalue weighted by Gasteiger charge is -2.08. The van der Waals surface area contributed by atoms with Gasteiger partial charge in [0.15, 0.2) is 0 Å². The number of aryl methyl sites for hydroxylation is 2. The van der Waals surface area contributed by atoms with Crippen molar-refractivity contribution in [3.05, 3.63) is 47.3 Å². The Morgan fingerprint density at radius 2 is 1.91 bits per heavy atom. The second-order valence-corrected chi connectivity index (χ2v) is 5.38. The van der Waals surface area contributed by atoms with Gasteiger partial charge in [-0.05, 0) is 49.6 Å². The minimum atomic E-state index is -0.231. The fraction of sp³-hybridized carbons (Fsp3) is 0.353. The molecule has 116 valence electrons. The lowest BCUT2D eigenvalue weighted by molar-refractivity contribution is 0.102. The van der Waals surface area contributed by atoms with Gasteiger partial charge in [0.05, 0.1) is 0 Å². The van der Waals surface area contributed by atoms with Crippen LogP contribution in [0.25, 0.3) is 0 Å². The summed E-state index contributed by atoms with van der Waals surface area (Å²) in [6.45, 7) is 6.93. The molecule has 22 heavy (non-hydrogen) atoms. The van der Waals surface area contributed by atoms with Gasteiger partial charge in [-0.15, -0.1) is 0 Å². The first-order valence-corrected chi connectivity index (χ1v) is 7.55. The molecule has 0 saturated heterocycles. The molecule has 0 bridgehead atoms. The smallest absolute Gasteiger partial charge is 0.274 e. The van der Waals surface area contributed by atoms with E-state index < -0.39 is 0 Å². The molecule has 2 aromatic rings. The fourth-order valence-corrected chi connectivity index (χ4v) is 2.19. The standard InChI is InChI=1S/C17H22N4O/c1-4-5-7-18-17-19-8-6-15(21-17)16(22)20-14-10-12(2)9-13(3)11-14/h6,8-11H,4-5,7H2,1-3H3,(H,20,22)(H,18,19,21). The summed E-state index contributed by atoms with van der Waals surface area (Å²) in [5.41, 5.74) is 3.36. The van der Waals surface area contributed by atoms with E-state index in [1.807, 2.05) is 26.0 Å². The number of carbonyl (C=O) groups excluding carboxylic acids is 1. The van der Waals surface area contributed by atoms with Crippen molar-refractivity contribution < 1.29 is 4.79 Å². The Hall–Kier alpha value is -2.43. The number of unbranched alkanes of at least 4 members (excludes halogenated alkanes) is 1. The summed E-state index contributed by atoms with van der Waals surface area (Å²) in [4.78, 5) is 20.7. The SMILES string of the molecule is CCCCNc1nccc(C(=O)Nc2cc(C)cc(C)c2)n1. The Bertz CT molecular complexity index is 635. The predicted molar refractivity (Wildman–Crippen MR) is 89.3 cm³/mol. The molecule has 0 aliphatic rings. The zero-order chi connectivity index (χ0) is 15.9. The predicted octanol–water partition coefficient (Wildman–Crippen LogP) is 3.56. The van der Waals surface area contributed by atoms with E-state index >= 15 is 0 Å². The van der Waals surface area contributed by atoms with E-state index in [1.54, 1.807) is 12.3 Å². The third kappa shape index (κ3) is 4.55. The van der Waals surface area contributed by atoms with Crippen LogP contribution < -0.4 is 10.6 Å². The molecular formula is C17H22N4O. The van der Waals surface area contributed by atoms with E-state index in [2.05, 4.69) is 33.6 Å². The molecule has 0 aliphatic heterocycles. The van der Waals surface area contributed by atoms with Crippen molar-refractivity contribution in [2.24, 2.45) is 0 Å². The largest absolute Gasteiger partial charge is 0.354 e. The van der Waals surface area contributed by atoms with Gasteiger partial charge in [0.25, 0.3) is 5.91 Å². The lowest BCUT2D eigenvalue weighted by atomic mass is 10.1. The van der Waals surface area contributed by atoms with Crippen LogP contribution in [0.5, 0.6) is 0 Å². The number of hydrogen-bond donors (Lipinski definition) is 2. The Morgan fingerprint density at radius 3 is 2.59 bits per heavy atom. The number of amides is 1. The fourth-order valence-electron chi connectivity index (χ4n) is 2.19. The highest BCUT2D eigenvalue weighted by Crippen LogP contribution is 2.14. The first-order valence-electron chi connectivity index (χ1n) is 7.55. The van der Waals surface area contributed by atoms with Crippen molar-refractivity contribution in [3.8, 4) is 0 Å². The number of nitrogens with zero attached hydrogens (tertiary/aromatic N) is 2. The molecule has 0 spiro atoms. The average Bonchev–Trinajstić information content (AvgIpc) is 2.47. The van der Waals surface area contributed by atoms with Gasteiger partial charge in [-0.3, -0.25) is 4.79 Å². The van der Waals surface area contributed by atoms with Gasteiger partial charge in [0.2, 0.25) is 5.95 Å². The molecule has 1 heterocycles. The quantitative estimate of drug-likeness (QED) is 0.800. The minimum Gasteiger partial charge on any atom is -0.354 e. The molecule has 2 N–H and O–H groups in total. The van der Waals surface area contributed by atoms with Gasteiger partial charge < -0.3 is 10.6 Å². The second kappa shape index (κ2) is 7.54. The molecule has 0 saturated carbocycles. The number of benzene rings is 1. The molecule has 0 fully saturated rings. The highest BCUT2D eigenvalue weighted by atomic mass is 16.1. The molecule has 0 atom stereocenters. The lowest BCUT2D eigenvalue weighted by Crippen LogP contribution is -2.15. The summed E-state index contributed by atoms with van der Waals surface area (Å²) < 4.78 is 0. The topological polar surface area (TPSA) is 66.9 Å². The van der Waals surface area contributed by atoms with Crippen LogP contribution in [0.3, 0.4) is 0 Å². The van der Waals surface area contributed by atoms with Gasteiger partial charge >= 0.3 is 0 Å². The Balaban J connectivity index is 2.07. The average molecular weight is 298 g/mol. The van der Waals surface area contributed by atoms with Crippen LogP contribution >= 0.6 is 0 Å². The molecule has 5 heteroatoms. The third-order valence-corrected chi connectivity index (χ3v) is 3.18. The van der Waals surface area contributed by atoms with Gasteiger partial charge in [-0.1, -0.05) is 19.4 Å². The normalized spacial score (nSPS) is 10.3. The summed E-state index contributed by atoms with van der Waals surface area (Å²) in [6, 6.07) is 7.55. The summed E-state index contributed by atoms with van der Waals surface area (Å²) in [7, 11) is 0. The number of aromatic nitrogens is 2. The maximum atomic E-state index is 12.3. The third-order valence-electron chi connectivity index (χ3n) is 3.18. The molecule has 1 aromatic carbocycles. The van der Waals surface area contributed by atoms with Crippen molar-refractivity contribution in [1.29, 1.82) is 0 Å². The zero-order valence-electron chi connectivity index (χ0n) is 13.3. The molecule has 1 aromatic heterocycles. The van der Waals surface area contributed by atoms with Crippen molar-refractivity contribution in [2.45, 2.75) is 33.6 Å². The van der Waals surface area contributed by atoms with E-state index in [4.69, 9.17) is 0 Å². The first kappa shape index (κ1) is 15.9. The molecule has 5 nitrogen and oxygen atoms in total. The van der Waals surface area contributed by atoms with Crippen LogP contribution in [0, 0.1) is 13.8 Å². The van der Waals surface area contributed by atoms with Gasteiger partial charge in [0, 0.05) is 18.4 Å². The Morgan fingerprint density at radius 1 is 1.18 bits per heavy atom. The second-order valence-electron chi connectivity index (χ2n) is 5.38. The van der Waals surface area contributed by atoms with Gasteiger partial charge in [-0.25, -0.2) is 9.97 Å². The van der Waals surface area contributed by atoms with E-state index in [9.17, 15) is 4.79 Å². The molecule has 0 aliphatic carbocycles. The van der Waals surface area contributed by atoms with E-state index in [0.29, 0.717) is 11.6 Å². The highest BCUT2D eigenvalue weighted by Gasteiger charge is 2.09. The number of nitrogens with one attached hydrogen (secondary N) is 2. The summed E-state index contributed by atoms with van der Waals surface area (Å²) >= 11 is 0. The Labute approximate surface area is 131 Å². The molecule has 0 radical (unpaired) electrons. The Kier molecular flexibility index (Phi) is 5.47. The van der Waals surface area contributed by atoms with Crippen LogP contribution in [0.4, 0.5) is 11.6 Å². The number of rotatable bonds is 6. The van der Waals surface area contributed by atoms with Crippen molar-refractivity contribution >= 4 is 17.5 Å². The van der Waals surface area contributed by atoms with Crippen molar-refractivity contribution in [1.82, 2.24) is 9.97 Å². The molecule has 2 rings (SSSR count). The first-order chi connectivity index (χ1) is 10.6. The minimum absolute atomic E-state index is 0.231. The van der Waals surface area contributed by atoms with Crippen LogP contribution in [-0.2, 0) is 0 Å². The highest BCUT2D eigenvalue weighted by molar-refractivity contribution is 6.03. The van der Waals surface area contributed by atoms with Crippen LogP contribution in [0.1, 0.15) is 41.4 Å².